The summed E-state index contributed by atoms with van der Waals surface area (Å²) in [6.45, 7) is 3.51. The molecule has 0 aliphatic heterocycles. The molecule has 5 rings (SSSR count). The van der Waals surface area contributed by atoms with Crippen LogP contribution in [0.4, 0.5) is 0 Å². The van der Waals surface area contributed by atoms with Gasteiger partial charge in [-0.3, -0.25) is 4.79 Å². The quantitative estimate of drug-likeness (QED) is 0.169. The van der Waals surface area contributed by atoms with Crippen LogP contribution in [0.3, 0.4) is 0 Å². The van der Waals surface area contributed by atoms with Crippen LogP contribution in [-0.4, -0.2) is 46.4 Å². The summed E-state index contributed by atoms with van der Waals surface area (Å²) in [5.41, 5.74) is 2.64. The van der Waals surface area contributed by atoms with Crippen LogP contribution in [0.2, 0.25) is 0 Å². The van der Waals surface area contributed by atoms with Crippen molar-refractivity contribution >= 4 is 21.9 Å². The van der Waals surface area contributed by atoms with E-state index in [1.54, 1.807) is 50.6 Å². The van der Waals surface area contributed by atoms with Crippen molar-refractivity contribution in [2.45, 2.75) is 13.5 Å². The van der Waals surface area contributed by atoms with Crippen LogP contribution < -0.4 is 29.1 Å². The number of fused-ring (bicyclic) bond motifs is 2. The van der Waals surface area contributed by atoms with Gasteiger partial charge in [0.2, 0.25) is 5.43 Å². The van der Waals surface area contributed by atoms with Gasteiger partial charge in [0, 0.05) is 18.7 Å². The zero-order valence-electron chi connectivity index (χ0n) is 23.9. The monoisotopic (exact) mass is 555 g/mol. The fourth-order valence-electron chi connectivity index (χ4n) is 4.40. The number of hydrogen-bond acceptors (Lipinski definition) is 8. The highest BCUT2D eigenvalue weighted by atomic mass is 16.5. The number of methoxy groups -OCH3 is 2. The molecular weight excluding hydrogens is 522 g/mol. The molecule has 0 amide bonds. The first kappa shape index (κ1) is 27.9. The van der Waals surface area contributed by atoms with Crippen molar-refractivity contribution in [2.24, 2.45) is 0 Å². The van der Waals surface area contributed by atoms with E-state index in [-0.39, 0.29) is 5.43 Å². The summed E-state index contributed by atoms with van der Waals surface area (Å²) in [4.78, 5) is 15.4. The van der Waals surface area contributed by atoms with Crippen LogP contribution in [0, 0.1) is 6.92 Å². The predicted molar refractivity (Wildman–Crippen MR) is 159 cm³/mol. The Morgan fingerprint density at radius 2 is 1.46 bits per heavy atom. The average Bonchev–Trinajstić information content (AvgIpc) is 2.97. The van der Waals surface area contributed by atoms with Gasteiger partial charge in [-0.25, -0.2) is 0 Å². The minimum absolute atomic E-state index is 0.117. The van der Waals surface area contributed by atoms with Crippen molar-refractivity contribution < 1.29 is 28.1 Å². The average molecular weight is 556 g/mol. The van der Waals surface area contributed by atoms with Gasteiger partial charge in [0.1, 0.15) is 36.0 Å². The number of likely N-dealkylation sites (N-methyl/N-ethyl adjacent to an activating group) is 1. The van der Waals surface area contributed by atoms with E-state index in [4.69, 9.17) is 28.1 Å². The number of nitrogens with zero attached hydrogens (tertiary/aromatic N) is 1. The van der Waals surface area contributed by atoms with Gasteiger partial charge in [0.15, 0.2) is 22.8 Å². The molecule has 41 heavy (non-hydrogen) atoms. The Labute approximate surface area is 238 Å². The molecule has 1 heterocycles. The Morgan fingerprint density at radius 1 is 0.732 bits per heavy atom. The minimum Gasteiger partial charge on any atom is -0.497 e. The Morgan fingerprint density at radius 3 is 2.20 bits per heavy atom. The molecule has 212 valence electrons. The van der Waals surface area contributed by atoms with Gasteiger partial charge in [0.05, 0.1) is 25.0 Å². The van der Waals surface area contributed by atoms with Crippen molar-refractivity contribution in [3.05, 3.63) is 94.1 Å². The van der Waals surface area contributed by atoms with E-state index in [0.29, 0.717) is 63.9 Å². The molecule has 0 radical (unpaired) electrons. The molecule has 5 aromatic rings. The van der Waals surface area contributed by atoms with E-state index in [2.05, 4.69) is 0 Å². The first-order chi connectivity index (χ1) is 19.8. The largest absolute Gasteiger partial charge is 0.497 e. The summed E-state index contributed by atoms with van der Waals surface area (Å²) < 4.78 is 35.1. The molecule has 1 aromatic heterocycles. The van der Waals surface area contributed by atoms with Gasteiger partial charge < -0.3 is 33.0 Å². The van der Waals surface area contributed by atoms with Crippen LogP contribution in [0.5, 0.6) is 34.5 Å². The Balaban J connectivity index is 1.39. The number of aryl methyl sites for hydroxylation is 1. The molecule has 0 unspecified atom stereocenters. The van der Waals surface area contributed by atoms with Gasteiger partial charge in [-0.15, -0.1) is 0 Å². The summed E-state index contributed by atoms with van der Waals surface area (Å²) >= 11 is 0. The number of ether oxygens (including phenoxy) is 5. The second-order valence-corrected chi connectivity index (χ2v) is 9.93. The van der Waals surface area contributed by atoms with E-state index in [0.717, 1.165) is 23.4 Å². The maximum absolute atomic E-state index is 13.4. The third-order valence-electron chi connectivity index (χ3n) is 6.57. The van der Waals surface area contributed by atoms with Gasteiger partial charge in [0.25, 0.3) is 0 Å². The molecule has 0 atom stereocenters. The lowest BCUT2D eigenvalue weighted by Gasteiger charge is -2.14. The van der Waals surface area contributed by atoms with Gasteiger partial charge in [-0.1, -0.05) is 12.1 Å². The molecule has 0 aliphatic rings. The summed E-state index contributed by atoms with van der Waals surface area (Å²) in [5.74, 6) is 3.51. The highest BCUT2D eigenvalue weighted by molar-refractivity contribution is 5.93. The number of benzene rings is 4. The van der Waals surface area contributed by atoms with Crippen molar-refractivity contribution in [3.63, 3.8) is 0 Å². The van der Waals surface area contributed by atoms with Crippen molar-refractivity contribution in [1.29, 1.82) is 0 Å². The third kappa shape index (κ3) is 6.39. The van der Waals surface area contributed by atoms with Crippen molar-refractivity contribution in [1.82, 2.24) is 4.90 Å². The lowest BCUT2D eigenvalue weighted by molar-refractivity contribution is 0.261. The summed E-state index contributed by atoms with van der Waals surface area (Å²) in [5, 5.41) is 0.954. The van der Waals surface area contributed by atoms with Crippen LogP contribution in [0.25, 0.3) is 21.9 Å². The van der Waals surface area contributed by atoms with E-state index < -0.39 is 0 Å². The maximum Gasteiger partial charge on any atom is 0.200 e. The van der Waals surface area contributed by atoms with Crippen LogP contribution in [0.15, 0.2) is 82.0 Å². The zero-order chi connectivity index (χ0) is 28.9. The molecule has 0 spiro atoms. The molecule has 4 aromatic carbocycles. The maximum atomic E-state index is 13.4. The predicted octanol–water partition coefficient (Wildman–Crippen LogP) is 6.58. The SMILES string of the molecule is COc1ccc(COc2ccc(Oc3ccc4c(=O)c5cc(C)cc(OCCN(C)C)c5oc4c3)cc2OC)cc1. The third-order valence-corrected chi connectivity index (χ3v) is 6.57. The van der Waals surface area contributed by atoms with Gasteiger partial charge in [-0.2, -0.15) is 0 Å². The summed E-state index contributed by atoms with van der Waals surface area (Å²) in [6, 6.07) is 21.9. The molecular formula is C33H33NO7. The standard InChI is InChI=1S/C33H33NO7/c1-21-16-27-32(35)26-12-10-24(18-29(26)41-33(27)31(17-21)38-15-14-34(2)3)40-25-11-13-28(30(19-25)37-5)39-20-22-6-8-23(36-4)9-7-22/h6-13,16-19H,14-15,20H2,1-5H3. The summed E-state index contributed by atoms with van der Waals surface area (Å²) in [6.07, 6.45) is 0. The van der Waals surface area contributed by atoms with Crippen molar-refractivity contribution in [3.8, 4) is 34.5 Å². The molecule has 0 aliphatic carbocycles. The van der Waals surface area contributed by atoms with Gasteiger partial charge >= 0.3 is 0 Å². The van der Waals surface area contributed by atoms with Crippen LogP contribution in [0.1, 0.15) is 11.1 Å². The molecule has 0 saturated heterocycles. The molecule has 8 nitrogen and oxygen atoms in total. The highest BCUT2D eigenvalue weighted by Crippen LogP contribution is 2.35. The lowest BCUT2D eigenvalue weighted by Crippen LogP contribution is -2.19. The topological polar surface area (TPSA) is 79.6 Å². The van der Waals surface area contributed by atoms with E-state index in [1.807, 2.05) is 62.3 Å². The number of rotatable bonds is 11. The lowest BCUT2D eigenvalue weighted by atomic mass is 10.1. The number of hydrogen-bond donors (Lipinski definition) is 0. The van der Waals surface area contributed by atoms with Crippen LogP contribution >= 0.6 is 0 Å². The van der Waals surface area contributed by atoms with E-state index in [1.165, 1.54) is 0 Å². The van der Waals surface area contributed by atoms with Crippen LogP contribution in [-0.2, 0) is 6.61 Å². The Bertz CT molecular complexity index is 1720. The fraction of sp³-hybridized carbons (Fsp3) is 0.242. The highest BCUT2D eigenvalue weighted by Gasteiger charge is 2.15. The molecule has 0 N–H and O–H groups in total. The van der Waals surface area contributed by atoms with Crippen molar-refractivity contribution in [2.75, 3.05) is 41.5 Å². The smallest absolute Gasteiger partial charge is 0.200 e. The zero-order valence-corrected chi connectivity index (χ0v) is 23.9. The van der Waals surface area contributed by atoms with Gasteiger partial charge in [-0.05, 0) is 80.7 Å². The Kier molecular flexibility index (Phi) is 8.31. The molecule has 0 fully saturated rings. The normalized spacial score (nSPS) is 11.2. The molecule has 8 heteroatoms. The first-order valence-corrected chi connectivity index (χ1v) is 13.2. The summed E-state index contributed by atoms with van der Waals surface area (Å²) in [7, 11) is 7.17. The van der Waals surface area contributed by atoms with E-state index in [9.17, 15) is 4.79 Å². The molecule has 0 saturated carbocycles. The molecule has 0 bridgehead atoms. The second kappa shape index (κ2) is 12.2. The minimum atomic E-state index is -0.117. The second-order valence-electron chi connectivity index (χ2n) is 9.93. The fourth-order valence-corrected chi connectivity index (χ4v) is 4.40. The van der Waals surface area contributed by atoms with E-state index >= 15 is 0 Å². The Hall–Kier alpha value is -4.69. The first-order valence-electron chi connectivity index (χ1n) is 13.2.